The molecular formula is C22H22N2O4S2. The van der Waals surface area contributed by atoms with E-state index >= 15 is 0 Å². The van der Waals surface area contributed by atoms with Gasteiger partial charge in [0.2, 0.25) is 0 Å². The van der Waals surface area contributed by atoms with Crippen LogP contribution in [0, 0.1) is 0 Å². The van der Waals surface area contributed by atoms with Crippen LogP contribution in [0.15, 0.2) is 64.4 Å². The van der Waals surface area contributed by atoms with Crippen LogP contribution in [0.25, 0.3) is 6.08 Å². The maximum Gasteiger partial charge on any atom is 0.293 e. The highest BCUT2D eigenvalue weighted by Gasteiger charge is 2.34. The lowest BCUT2D eigenvalue weighted by atomic mass is 10.2. The minimum absolute atomic E-state index is 0.108. The lowest BCUT2D eigenvalue weighted by molar-refractivity contribution is -0.128. The summed E-state index contributed by atoms with van der Waals surface area (Å²) in [4.78, 5) is 39.6. The van der Waals surface area contributed by atoms with Crippen LogP contribution in [0.5, 0.6) is 5.75 Å². The number of nitrogens with one attached hydrogen (secondary N) is 1. The molecule has 6 nitrogen and oxygen atoms in total. The number of ether oxygens (including phenoxy) is 1. The van der Waals surface area contributed by atoms with Crippen molar-refractivity contribution in [2.45, 2.75) is 17.9 Å². The molecule has 156 valence electrons. The lowest BCUT2D eigenvalue weighted by Gasteiger charge is -2.16. The molecule has 1 saturated heterocycles. The average Bonchev–Trinajstić information content (AvgIpc) is 3.02. The van der Waals surface area contributed by atoms with Gasteiger partial charge < -0.3 is 10.1 Å². The topological polar surface area (TPSA) is 75.7 Å². The van der Waals surface area contributed by atoms with Crippen LogP contribution >= 0.6 is 23.5 Å². The van der Waals surface area contributed by atoms with E-state index in [1.807, 2.05) is 48.7 Å². The van der Waals surface area contributed by atoms with Gasteiger partial charge in [-0.2, -0.15) is 0 Å². The summed E-state index contributed by atoms with van der Waals surface area (Å²) < 4.78 is 5.57. The molecule has 2 aromatic carbocycles. The number of hydrogen-bond donors (Lipinski definition) is 1. The van der Waals surface area contributed by atoms with E-state index in [-0.39, 0.29) is 30.1 Å². The summed E-state index contributed by atoms with van der Waals surface area (Å²) in [6.45, 7) is 1.92. The number of carbonyl (C=O) groups is 3. The van der Waals surface area contributed by atoms with Gasteiger partial charge >= 0.3 is 0 Å². The van der Waals surface area contributed by atoms with Crippen LogP contribution < -0.4 is 10.1 Å². The summed E-state index contributed by atoms with van der Waals surface area (Å²) in [7, 11) is 0. The van der Waals surface area contributed by atoms with Crippen LogP contribution in [-0.4, -0.2) is 47.4 Å². The largest absolute Gasteiger partial charge is 0.481 e. The fraction of sp³-hybridized carbons (Fsp3) is 0.227. The Bertz CT molecular complexity index is 945. The Morgan fingerprint density at radius 3 is 2.53 bits per heavy atom. The van der Waals surface area contributed by atoms with E-state index in [0.29, 0.717) is 10.7 Å². The number of rotatable bonds is 8. The smallest absolute Gasteiger partial charge is 0.293 e. The van der Waals surface area contributed by atoms with Gasteiger partial charge in [-0.25, -0.2) is 0 Å². The summed E-state index contributed by atoms with van der Waals surface area (Å²) in [6, 6.07) is 16.8. The summed E-state index contributed by atoms with van der Waals surface area (Å²) in [6.07, 6.45) is 3.02. The van der Waals surface area contributed by atoms with Gasteiger partial charge in [-0.05, 0) is 60.8 Å². The van der Waals surface area contributed by atoms with Gasteiger partial charge in [-0.3, -0.25) is 19.3 Å². The Kier molecular flexibility index (Phi) is 7.59. The van der Waals surface area contributed by atoms with Crippen molar-refractivity contribution in [3.8, 4) is 5.75 Å². The molecule has 0 spiro atoms. The SMILES string of the molecule is CSc1ccc(/C=C2/SC(=O)N(CCNC(=O)[C@@H](C)Oc3ccccc3)C2=O)cc1. The number of nitrogens with zero attached hydrogens (tertiary/aromatic N) is 1. The third-order valence-corrected chi connectivity index (χ3v) is 6.00. The number of benzene rings is 2. The second-order valence-electron chi connectivity index (χ2n) is 6.47. The van der Waals surface area contributed by atoms with Crippen LogP contribution in [0.3, 0.4) is 0 Å². The second-order valence-corrected chi connectivity index (χ2v) is 8.34. The summed E-state index contributed by atoms with van der Waals surface area (Å²) in [5.74, 6) is -0.0567. The molecule has 3 amide bonds. The Morgan fingerprint density at radius 1 is 1.17 bits per heavy atom. The lowest BCUT2D eigenvalue weighted by Crippen LogP contribution is -2.41. The van der Waals surface area contributed by atoms with Gasteiger partial charge in [0.25, 0.3) is 17.1 Å². The number of hydrogen-bond acceptors (Lipinski definition) is 6. The van der Waals surface area contributed by atoms with Gasteiger partial charge in [0, 0.05) is 18.0 Å². The fourth-order valence-corrected chi connectivity index (χ4v) is 4.01. The molecule has 0 aliphatic carbocycles. The van der Waals surface area contributed by atoms with Crippen molar-refractivity contribution < 1.29 is 19.1 Å². The summed E-state index contributed by atoms with van der Waals surface area (Å²) in [5.41, 5.74) is 0.860. The number of para-hydroxylation sites is 1. The Balaban J connectivity index is 1.51. The number of imide groups is 1. The molecule has 2 aromatic rings. The average molecular weight is 443 g/mol. The monoisotopic (exact) mass is 442 g/mol. The van der Waals surface area contributed by atoms with Crippen LogP contribution in [-0.2, 0) is 9.59 Å². The van der Waals surface area contributed by atoms with E-state index in [9.17, 15) is 14.4 Å². The van der Waals surface area contributed by atoms with Gasteiger partial charge in [0.05, 0.1) is 4.91 Å². The van der Waals surface area contributed by atoms with Gasteiger partial charge in [-0.1, -0.05) is 30.3 Å². The molecule has 0 bridgehead atoms. The highest BCUT2D eigenvalue weighted by molar-refractivity contribution is 8.18. The van der Waals surface area contributed by atoms with E-state index < -0.39 is 6.10 Å². The quantitative estimate of drug-likeness (QED) is 0.491. The predicted molar refractivity (Wildman–Crippen MR) is 120 cm³/mol. The zero-order valence-corrected chi connectivity index (χ0v) is 18.3. The first-order chi connectivity index (χ1) is 14.5. The van der Waals surface area contributed by atoms with E-state index in [1.54, 1.807) is 36.9 Å². The van der Waals surface area contributed by atoms with Crippen molar-refractivity contribution in [3.05, 3.63) is 65.1 Å². The number of amides is 3. The highest BCUT2D eigenvalue weighted by atomic mass is 32.2. The highest BCUT2D eigenvalue weighted by Crippen LogP contribution is 2.32. The standard InChI is InChI=1S/C22H22N2O4S2/c1-15(28-17-6-4-3-5-7-17)20(25)23-12-13-24-21(26)19(30-22(24)27)14-16-8-10-18(29-2)11-9-16/h3-11,14-15H,12-13H2,1-2H3,(H,23,25)/b19-14+/t15-/m1/s1. The molecule has 3 rings (SSSR count). The van der Waals surface area contributed by atoms with Gasteiger partial charge in [-0.15, -0.1) is 11.8 Å². The molecule has 0 unspecified atom stereocenters. The van der Waals surface area contributed by atoms with E-state index in [0.717, 1.165) is 27.1 Å². The molecule has 1 fully saturated rings. The predicted octanol–water partition coefficient (Wildman–Crippen LogP) is 4.03. The van der Waals surface area contributed by atoms with E-state index in [2.05, 4.69) is 5.32 Å². The second kappa shape index (κ2) is 10.4. The fourth-order valence-electron chi connectivity index (χ4n) is 2.74. The zero-order valence-electron chi connectivity index (χ0n) is 16.7. The Labute approximate surface area is 184 Å². The molecule has 30 heavy (non-hydrogen) atoms. The Hall–Kier alpha value is -2.71. The molecule has 0 aromatic heterocycles. The molecule has 1 aliphatic rings. The molecule has 8 heteroatoms. The maximum absolute atomic E-state index is 12.6. The third kappa shape index (κ3) is 5.67. The minimum Gasteiger partial charge on any atom is -0.481 e. The van der Waals surface area contributed by atoms with Crippen LogP contribution in [0.4, 0.5) is 4.79 Å². The zero-order chi connectivity index (χ0) is 21.5. The van der Waals surface area contributed by atoms with Crippen molar-refractivity contribution in [2.24, 2.45) is 0 Å². The molecular weight excluding hydrogens is 420 g/mol. The van der Waals surface area contributed by atoms with Gasteiger partial charge in [0.15, 0.2) is 6.10 Å². The number of carbonyl (C=O) groups excluding carboxylic acids is 3. The van der Waals surface area contributed by atoms with Crippen LogP contribution in [0.1, 0.15) is 12.5 Å². The Morgan fingerprint density at radius 2 is 1.87 bits per heavy atom. The third-order valence-electron chi connectivity index (χ3n) is 4.35. The van der Waals surface area contributed by atoms with Crippen molar-refractivity contribution in [3.63, 3.8) is 0 Å². The minimum atomic E-state index is -0.688. The molecule has 1 atom stereocenters. The molecule has 1 heterocycles. The van der Waals surface area contributed by atoms with E-state index in [1.165, 1.54) is 0 Å². The van der Waals surface area contributed by atoms with E-state index in [4.69, 9.17) is 4.74 Å². The van der Waals surface area contributed by atoms with Crippen molar-refractivity contribution >= 4 is 46.7 Å². The molecule has 0 radical (unpaired) electrons. The molecule has 1 N–H and O–H groups in total. The number of thioether (sulfide) groups is 2. The normalized spacial score (nSPS) is 16.1. The maximum atomic E-state index is 12.6. The first-order valence-corrected chi connectivity index (χ1v) is 11.4. The van der Waals surface area contributed by atoms with Crippen LogP contribution in [0.2, 0.25) is 0 Å². The first-order valence-electron chi connectivity index (χ1n) is 9.37. The summed E-state index contributed by atoms with van der Waals surface area (Å²) >= 11 is 2.55. The van der Waals surface area contributed by atoms with Crippen molar-refractivity contribution in [2.75, 3.05) is 19.3 Å². The first kappa shape index (κ1) is 22.0. The van der Waals surface area contributed by atoms with Gasteiger partial charge in [0.1, 0.15) is 5.75 Å². The molecule has 1 aliphatic heterocycles. The molecule has 0 saturated carbocycles. The summed E-state index contributed by atoms with van der Waals surface area (Å²) in [5, 5.41) is 2.37. The van der Waals surface area contributed by atoms with Crippen molar-refractivity contribution in [1.82, 2.24) is 10.2 Å². The van der Waals surface area contributed by atoms with Crippen molar-refractivity contribution in [1.29, 1.82) is 0 Å².